The van der Waals surface area contributed by atoms with Gasteiger partial charge < -0.3 is 14.5 Å². The van der Waals surface area contributed by atoms with Gasteiger partial charge in [-0.1, -0.05) is 6.42 Å². The van der Waals surface area contributed by atoms with Crippen molar-refractivity contribution in [1.82, 2.24) is 10.2 Å². The van der Waals surface area contributed by atoms with E-state index in [1.807, 2.05) is 14.0 Å². The van der Waals surface area contributed by atoms with Crippen molar-refractivity contribution < 1.29 is 13.9 Å². The van der Waals surface area contributed by atoms with Crippen LogP contribution in [0.2, 0.25) is 0 Å². The van der Waals surface area contributed by atoms with Gasteiger partial charge in [0, 0.05) is 6.04 Å². The minimum Gasteiger partial charge on any atom is -0.467 e. The zero-order valence-corrected chi connectivity index (χ0v) is 13.1. The van der Waals surface area contributed by atoms with Crippen LogP contribution in [0.4, 0.5) is 0 Å². The Labute approximate surface area is 126 Å². The summed E-state index contributed by atoms with van der Waals surface area (Å²) in [7, 11) is 1.98. The summed E-state index contributed by atoms with van der Waals surface area (Å²) in [5.74, 6) is 0.440. The number of nitrogens with one attached hydrogen (secondary N) is 1. The average molecular weight is 294 g/mol. The Kier molecular flexibility index (Phi) is 6.26. The van der Waals surface area contributed by atoms with E-state index >= 15 is 0 Å². The summed E-state index contributed by atoms with van der Waals surface area (Å²) in [4.78, 5) is 14.3. The quantitative estimate of drug-likeness (QED) is 0.783. The minimum atomic E-state index is -0.287. The van der Waals surface area contributed by atoms with Gasteiger partial charge in [0.25, 0.3) is 0 Å². The molecule has 5 nitrogen and oxygen atoms in total. The summed E-state index contributed by atoms with van der Waals surface area (Å²) in [5.41, 5.74) is 0.565. The average Bonchev–Trinajstić information content (AvgIpc) is 2.95. The Morgan fingerprint density at radius 2 is 2.38 bits per heavy atom. The summed E-state index contributed by atoms with van der Waals surface area (Å²) in [6, 6.07) is 2.27. The Morgan fingerprint density at radius 3 is 3.14 bits per heavy atom. The summed E-state index contributed by atoms with van der Waals surface area (Å²) in [5, 5.41) is 3.22. The van der Waals surface area contributed by atoms with Crippen LogP contribution < -0.4 is 5.32 Å². The van der Waals surface area contributed by atoms with Crippen LogP contribution in [0.25, 0.3) is 0 Å². The lowest BCUT2D eigenvalue weighted by Crippen LogP contribution is -2.40. The molecule has 1 aliphatic heterocycles. The lowest BCUT2D eigenvalue weighted by atomic mass is 9.99. The molecular formula is C16H26N2O3. The second-order valence-electron chi connectivity index (χ2n) is 5.49. The van der Waals surface area contributed by atoms with Crippen LogP contribution >= 0.6 is 0 Å². The van der Waals surface area contributed by atoms with Crippen molar-refractivity contribution in [2.24, 2.45) is 0 Å². The maximum Gasteiger partial charge on any atom is 0.341 e. The molecule has 0 bridgehead atoms. The molecule has 118 valence electrons. The molecule has 1 unspecified atom stereocenters. The van der Waals surface area contributed by atoms with E-state index in [9.17, 15) is 4.79 Å². The van der Waals surface area contributed by atoms with Crippen molar-refractivity contribution in [2.75, 3.05) is 26.7 Å². The van der Waals surface area contributed by atoms with E-state index in [4.69, 9.17) is 9.15 Å². The van der Waals surface area contributed by atoms with Gasteiger partial charge in [0.05, 0.1) is 19.4 Å². The molecule has 5 heteroatoms. The van der Waals surface area contributed by atoms with Crippen molar-refractivity contribution >= 4 is 5.97 Å². The van der Waals surface area contributed by atoms with Crippen LogP contribution in [0.1, 0.15) is 48.7 Å². The lowest BCUT2D eigenvalue weighted by molar-refractivity contribution is 0.0519. The van der Waals surface area contributed by atoms with E-state index in [-0.39, 0.29) is 5.97 Å². The molecular weight excluding hydrogens is 268 g/mol. The molecule has 21 heavy (non-hydrogen) atoms. The fourth-order valence-electron chi connectivity index (χ4n) is 2.94. The SMILES string of the molecule is CCOC(=O)c1ccoc1CN1CCCCC1CCNC. The summed E-state index contributed by atoms with van der Waals surface area (Å²) in [6.45, 7) is 4.98. The van der Waals surface area contributed by atoms with E-state index in [2.05, 4.69) is 10.2 Å². The highest BCUT2D eigenvalue weighted by Crippen LogP contribution is 2.23. The van der Waals surface area contributed by atoms with Gasteiger partial charge in [-0.05, 0) is 52.4 Å². The number of piperidine rings is 1. The van der Waals surface area contributed by atoms with E-state index in [1.54, 1.807) is 12.3 Å². The summed E-state index contributed by atoms with van der Waals surface area (Å²) in [6.07, 6.45) is 6.43. The maximum absolute atomic E-state index is 11.9. The lowest BCUT2D eigenvalue weighted by Gasteiger charge is -2.35. The molecule has 0 aliphatic carbocycles. The number of esters is 1. The Balaban J connectivity index is 2.02. The third-order valence-electron chi connectivity index (χ3n) is 4.06. The van der Waals surface area contributed by atoms with Crippen molar-refractivity contribution in [3.05, 3.63) is 23.7 Å². The first-order valence-electron chi connectivity index (χ1n) is 7.88. The third-order valence-corrected chi connectivity index (χ3v) is 4.06. The highest BCUT2D eigenvalue weighted by Gasteiger charge is 2.25. The topological polar surface area (TPSA) is 54.7 Å². The van der Waals surface area contributed by atoms with Crippen molar-refractivity contribution in [2.45, 2.75) is 45.2 Å². The molecule has 1 N–H and O–H groups in total. The zero-order valence-electron chi connectivity index (χ0n) is 13.1. The van der Waals surface area contributed by atoms with Gasteiger partial charge in [0.1, 0.15) is 11.3 Å². The number of likely N-dealkylation sites (tertiary alicyclic amines) is 1. The largest absolute Gasteiger partial charge is 0.467 e. The molecule has 0 saturated carbocycles. The van der Waals surface area contributed by atoms with Crippen molar-refractivity contribution in [3.63, 3.8) is 0 Å². The molecule has 1 aromatic heterocycles. The van der Waals surface area contributed by atoms with E-state index in [0.29, 0.717) is 24.8 Å². The van der Waals surface area contributed by atoms with Crippen LogP contribution in [-0.4, -0.2) is 43.7 Å². The number of furan rings is 1. The second kappa shape index (κ2) is 8.20. The standard InChI is InChI=1S/C16H26N2O3/c1-3-20-16(19)14-8-11-21-15(14)12-18-10-5-4-6-13(18)7-9-17-2/h8,11,13,17H,3-7,9-10,12H2,1-2H3. The number of ether oxygens (including phenoxy) is 1. The number of nitrogens with zero attached hydrogens (tertiary/aromatic N) is 1. The van der Waals surface area contributed by atoms with Crippen LogP contribution in [0, 0.1) is 0 Å². The third kappa shape index (κ3) is 4.32. The maximum atomic E-state index is 11.9. The smallest absolute Gasteiger partial charge is 0.341 e. The van der Waals surface area contributed by atoms with E-state index in [1.165, 1.54) is 19.3 Å². The van der Waals surface area contributed by atoms with Gasteiger partial charge in [0.2, 0.25) is 0 Å². The first kappa shape index (κ1) is 16.0. The van der Waals surface area contributed by atoms with Crippen molar-refractivity contribution in [3.8, 4) is 0 Å². The van der Waals surface area contributed by atoms with Gasteiger partial charge in [-0.25, -0.2) is 4.79 Å². The predicted molar refractivity (Wildman–Crippen MR) is 81.3 cm³/mol. The molecule has 1 aliphatic rings. The molecule has 1 aromatic rings. The number of carbonyl (C=O) groups excluding carboxylic acids is 1. The number of hydrogen-bond donors (Lipinski definition) is 1. The highest BCUT2D eigenvalue weighted by molar-refractivity contribution is 5.90. The molecule has 1 fully saturated rings. The minimum absolute atomic E-state index is 0.287. The van der Waals surface area contributed by atoms with E-state index < -0.39 is 0 Å². The van der Waals surface area contributed by atoms with E-state index in [0.717, 1.165) is 25.3 Å². The van der Waals surface area contributed by atoms with Gasteiger partial charge in [-0.3, -0.25) is 4.90 Å². The van der Waals surface area contributed by atoms with Gasteiger partial charge in [0.15, 0.2) is 0 Å². The Morgan fingerprint density at radius 1 is 1.52 bits per heavy atom. The Bertz CT molecular complexity index is 444. The fourth-order valence-corrected chi connectivity index (χ4v) is 2.94. The monoisotopic (exact) mass is 294 g/mol. The predicted octanol–water partition coefficient (Wildman–Crippen LogP) is 2.42. The number of rotatable bonds is 7. The van der Waals surface area contributed by atoms with Gasteiger partial charge in [-0.15, -0.1) is 0 Å². The Hall–Kier alpha value is -1.33. The van der Waals surface area contributed by atoms with Gasteiger partial charge in [-0.2, -0.15) is 0 Å². The molecule has 2 heterocycles. The molecule has 0 spiro atoms. The fraction of sp³-hybridized carbons (Fsp3) is 0.688. The van der Waals surface area contributed by atoms with Crippen LogP contribution in [0.3, 0.4) is 0 Å². The molecule has 1 atom stereocenters. The molecule has 0 aromatic carbocycles. The first-order chi connectivity index (χ1) is 10.3. The van der Waals surface area contributed by atoms with Crippen LogP contribution in [-0.2, 0) is 11.3 Å². The molecule has 2 rings (SSSR count). The van der Waals surface area contributed by atoms with Crippen molar-refractivity contribution in [1.29, 1.82) is 0 Å². The zero-order chi connectivity index (χ0) is 15.1. The van der Waals surface area contributed by atoms with Gasteiger partial charge >= 0.3 is 5.97 Å². The molecule has 0 radical (unpaired) electrons. The molecule has 1 saturated heterocycles. The molecule has 0 amide bonds. The van der Waals surface area contributed by atoms with Crippen LogP contribution in [0.15, 0.2) is 16.7 Å². The number of carbonyl (C=O) groups is 1. The van der Waals surface area contributed by atoms with Crippen LogP contribution in [0.5, 0.6) is 0 Å². The normalized spacial score (nSPS) is 19.6. The second-order valence-corrected chi connectivity index (χ2v) is 5.49. The summed E-state index contributed by atoms with van der Waals surface area (Å²) < 4.78 is 10.6. The number of hydrogen-bond acceptors (Lipinski definition) is 5. The highest BCUT2D eigenvalue weighted by atomic mass is 16.5. The first-order valence-corrected chi connectivity index (χ1v) is 7.88. The summed E-state index contributed by atoms with van der Waals surface area (Å²) >= 11 is 0.